The van der Waals surface area contributed by atoms with Gasteiger partial charge in [0.1, 0.15) is 0 Å². The van der Waals surface area contributed by atoms with Gasteiger partial charge in [-0.3, -0.25) is 4.98 Å². The molecule has 1 aliphatic rings. The SMILES string of the molecule is CC[C@]1(O)[C@H](C)OC(c2ccncc2N)C[C@@H]1C. The summed E-state index contributed by atoms with van der Waals surface area (Å²) in [7, 11) is 0. The first kappa shape index (κ1) is 13.3. The molecule has 0 aliphatic carbocycles. The Kier molecular flexibility index (Phi) is 3.59. The highest BCUT2D eigenvalue weighted by molar-refractivity contribution is 5.45. The van der Waals surface area contributed by atoms with Crippen LogP contribution >= 0.6 is 0 Å². The maximum atomic E-state index is 10.6. The van der Waals surface area contributed by atoms with Crippen LogP contribution in [0, 0.1) is 5.92 Å². The van der Waals surface area contributed by atoms with Crippen molar-refractivity contribution in [3.05, 3.63) is 24.0 Å². The van der Waals surface area contributed by atoms with Crippen molar-refractivity contribution in [2.75, 3.05) is 5.73 Å². The third-order valence-electron chi connectivity index (χ3n) is 4.29. The summed E-state index contributed by atoms with van der Waals surface area (Å²) in [6, 6.07) is 1.90. The van der Waals surface area contributed by atoms with Crippen LogP contribution in [0.2, 0.25) is 0 Å². The van der Waals surface area contributed by atoms with Gasteiger partial charge in [0.15, 0.2) is 0 Å². The molecular weight excluding hydrogens is 228 g/mol. The van der Waals surface area contributed by atoms with Crippen LogP contribution in [-0.4, -0.2) is 21.8 Å². The third-order valence-corrected chi connectivity index (χ3v) is 4.29. The van der Waals surface area contributed by atoms with Crippen LogP contribution in [-0.2, 0) is 4.74 Å². The fourth-order valence-electron chi connectivity index (χ4n) is 2.89. The van der Waals surface area contributed by atoms with Crippen molar-refractivity contribution >= 4 is 5.69 Å². The Morgan fingerprint density at radius 1 is 1.56 bits per heavy atom. The van der Waals surface area contributed by atoms with Gasteiger partial charge >= 0.3 is 0 Å². The topological polar surface area (TPSA) is 68.4 Å². The van der Waals surface area contributed by atoms with Gasteiger partial charge in [0.05, 0.1) is 29.7 Å². The van der Waals surface area contributed by atoms with Crippen molar-refractivity contribution in [3.63, 3.8) is 0 Å². The lowest BCUT2D eigenvalue weighted by Gasteiger charge is -2.46. The number of pyridine rings is 1. The number of anilines is 1. The number of nitrogens with zero attached hydrogens (tertiary/aromatic N) is 1. The second kappa shape index (κ2) is 4.86. The maximum Gasteiger partial charge on any atom is 0.0929 e. The van der Waals surface area contributed by atoms with E-state index in [2.05, 4.69) is 11.9 Å². The first-order valence-corrected chi connectivity index (χ1v) is 6.56. The Morgan fingerprint density at radius 2 is 2.28 bits per heavy atom. The van der Waals surface area contributed by atoms with E-state index in [1.54, 1.807) is 12.4 Å². The molecule has 2 heterocycles. The summed E-state index contributed by atoms with van der Waals surface area (Å²) in [4.78, 5) is 3.99. The van der Waals surface area contributed by atoms with E-state index in [9.17, 15) is 5.11 Å². The number of hydrogen-bond donors (Lipinski definition) is 2. The Morgan fingerprint density at radius 3 is 2.83 bits per heavy atom. The molecular formula is C14H22N2O2. The number of nitrogen functional groups attached to an aromatic ring is 1. The van der Waals surface area contributed by atoms with E-state index in [-0.39, 0.29) is 18.1 Å². The van der Waals surface area contributed by atoms with Gasteiger partial charge in [-0.05, 0) is 31.7 Å². The number of aliphatic hydroxyl groups is 1. The molecule has 2 rings (SSSR count). The van der Waals surface area contributed by atoms with Crippen LogP contribution in [0.4, 0.5) is 5.69 Å². The Balaban J connectivity index is 2.23. The zero-order valence-corrected chi connectivity index (χ0v) is 11.3. The van der Waals surface area contributed by atoms with Crippen LogP contribution in [0.3, 0.4) is 0 Å². The summed E-state index contributed by atoms with van der Waals surface area (Å²) in [5.74, 6) is 0.184. The monoisotopic (exact) mass is 250 g/mol. The van der Waals surface area contributed by atoms with E-state index in [1.807, 2.05) is 19.9 Å². The summed E-state index contributed by atoms with van der Waals surface area (Å²) in [5, 5.41) is 10.6. The van der Waals surface area contributed by atoms with Gasteiger partial charge in [0, 0.05) is 11.8 Å². The van der Waals surface area contributed by atoms with E-state index in [0.29, 0.717) is 12.1 Å². The van der Waals surface area contributed by atoms with Gasteiger partial charge < -0.3 is 15.6 Å². The zero-order chi connectivity index (χ0) is 13.3. The molecule has 4 nitrogen and oxygen atoms in total. The van der Waals surface area contributed by atoms with Gasteiger partial charge in [0.25, 0.3) is 0 Å². The fourth-order valence-corrected chi connectivity index (χ4v) is 2.89. The smallest absolute Gasteiger partial charge is 0.0929 e. The van der Waals surface area contributed by atoms with E-state index >= 15 is 0 Å². The van der Waals surface area contributed by atoms with E-state index in [1.165, 1.54) is 0 Å². The molecule has 0 spiro atoms. The summed E-state index contributed by atoms with van der Waals surface area (Å²) < 4.78 is 5.97. The van der Waals surface area contributed by atoms with Gasteiger partial charge in [-0.1, -0.05) is 13.8 Å². The highest BCUT2D eigenvalue weighted by Crippen LogP contribution is 2.43. The van der Waals surface area contributed by atoms with Crippen LogP contribution in [0.15, 0.2) is 18.5 Å². The Bertz CT molecular complexity index is 410. The van der Waals surface area contributed by atoms with Crippen LogP contribution < -0.4 is 5.73 Å². The molecule has 3 N–H and O–H groups in total. The molecule has 1 fully saturated rings. The highest BCUT2D eigenvalue weighted by atomic mass is 16.5. The molecule has 1 aromatic heterocycles. The van der Waals surface area contributed by atoms with E-state index < -0.39 is 5.60 Å². The van der Waals surface area contributed by atoms with Crippen LogP contribution in [0.1, 0.15) is 45.3 Å². The summed E-state index contributed by atoms with van der Waals surface area (Å²) in [5.41, 5.74) is 6.83. The molecule has 0 amide bonds. The molecule has 18 heavy (non-hydrogen) atoms. The minimum atomic E-state index is -0.738. The van der Waals surface area contributed by atoms with Gasteiger partial charge in [-0.25, -0.2) is 0 Å². The second-order valence-electron chi connectivity index (χ2n) is 5.25. The van der Waals surface area contributed by atoms with Crippen molar-refractivity contribution in [1.82, 2.24) is 4.98 Å². The molecule has 0 radical (unpaired) electrons. The molecule has 0 aromatic carbocycles. The minimum absolute atomic E-state index is 0.0511. The van der Waals surface area contributed by atoms with Crippen molar-refractivity contribution < 1.29 is 9.84 Å². The van der Waals surface area contributed by atoms with Gasteiger partial charge in [0.2, 0.25) is 0 Å². The first-order valence-electron chi connectivity index (χ1n) is 6.56. The normalized spacial score (nSPS) is 36.6. The predicted molar refractivity (Wildman–Crippen MR) is 71.0 cm³/mol. The predicted octanol–water partition coefficient (Wildman–Crippen LogP) is 2.29. The lowest BCUT2D eigenvalue weighted by Crippen LogP contribution is -2.51. The standard InChI is InChI=1S/C14H22N2O2/c1-4-14(17)9(2)7-13(18-10(14)3)11-5-6-16-8-12(11)15/h5-6,8-10,13,17H,4,7,15H2,1-3H3/t9-,10-,13?,14+/m0/s1. The Hall–Kier alpha value is -1.13. The molecule has 1 saturated heterocycles. The van der Waals surface area contributed by atoms with Crippen molar-refractivity contribution in [1.29, 1.82) is 0 Å². The quantitative estimate of drug-likeness (QED) is 0.845. The maximum absolute atomic E-state index is 10.6. The van der Waals surface area contributed by atoms with Crippen molar-refractivity contribution in [2.45, 2.75) is 51.4 Å². The molecule has 0 bridgehead atoms. The number of rotatable bonds is 2. The molecule has 1 aliphatic heterocycles. The number of hydrogen-bond acceptors (Lipinski definition) is 4. The zero-order valence-electron chi connectivity index (χ0n) is 11.3. The number of aromatic nitrogens is 1. The second-order valence-corrected chi connectivity index (χ2v) is 5.25. The molecule has 100 valence electrons. The average Bonchev–Trinajstić information content (AvgIpc) is 2.36. The third kappa shape index (κ3) is 2.10. The van der Waals surface area contributed by atoms with Crippen molar-refractivity contribution in [2.24, 2.45) is 5.92 Å². The van der Waals surface area contributed by atoms with E-state index in [4.69, 9.17) is 10.5 Å². The van der Waals surface area contributed by atoms with Crippen molar-refractivity contribution in [3.8, 4) is 0 Å². The Labute approximate surface area is 108 Å². The summed E-state index contributed by atoms with van der Waals surface area (Å²) in [6.07, 6.45) is 4.62. The van der Waals surface area contributed by atoms with Crippen LogP contribution in [0.5, 0.6) is 0 Å². The van der Waals surface area contributed by atoms with Crippen LogP contribution in [0.25, 0.3) is 0 Å². The first-order chi connectivity index (χ1) is 8.49. The molecule has 1 unspecified atom stereocenters. The number of ether oxygens (including phenoxy) is 1. The molecule has 4 atom stereocenters. The van der Waals surface area contributed by atoms with Gasteiger partial charge in [-0.2, -0.15) is 0 Å². The van der Waals surface area contributed by atoms with E-state index in [0.717, 1.165) is 12.0 Å². The summed E-state index contributed by atoms with van der Waals surface area (Å²) in [6.45, 7) is 6.01. The highest BCUT2D eigenvalue weighted by Gasteiger charge is 2.45. The molecule has 1 aromatic rings. The lowest BCUT2D eigenvalue weighted by molar-refractivity contribution is -0.198. The fraction of sp³-hybridized carbons (Fsp3) is 0.643. The largest absolute Gasteiger partial charge is 0.397 e. The average molecular weight is 250 g/mol. The number of nitrogens with two attached hydrogens (primary N) is 1. The molecule has 0 saturated carbocycles. The lowest BCUT2D eigenvalue weighted by atomic mass is 9.76. The summed E-state index contributed by atoms with van der Waals surface area (Å²) >= 11 is 0. The van der Waals surface area contributed by atoms with Gasteiger partial charge in [-0.15, -0.1) is 0 Å². The minimum Gasteiger partial charge on any atom is -0.397 e. The molecule has 4 heteroatoms.